The molecule has 0 bridgehead atoms. The van der Waals surface area contributed by atoms with Gasteiger partial charge in [0.05, 0.1) is 6.21 Å². The van der Waals surface area contributed by atoms with E-state index in [0.717, 1.165) is 10.5 Å². The Kier molecular flexibility index (Phi) is 4.87. The SMILES string of the molecule is CCON=Cc1ccc([C@@]2(C)NC(=O)N([C@@H](C)C(=O)O)C2=O)cc1. The van der Waals surface area contributed by atoms with Crippen molar-refractivity contribution in [1.29, 1.82) is 0 Å². The number of benzene rings is 1. The number of carbonyl (C=O) groups excluding carboxylic acids is 2. The van der Waals surface area contributed by atoms with Crippen LogP contribution in [0.4, 0.5) is 4.79 Å². The Balaban J connectivity index is 2.26. The number of carboxylic acid groups (broad SMARTS) is 1. The number of nitrogens with one attached hydrogen (secondary N) is 1. The predicted octanol–water partition coefficient (Wildman–Crippen LogP) is 1.30. The minimum Gasteiger partial charge on any atom is -0.480 e. The fourth-order valence-corrected chi connectivity index (χ4v) is 2.39. The number of aliphatic carboxylic acids is 1. The van der Waals surface area contributed by atoms with E-state index in [4.69, 9.17) is 9.94 Å². The molecule has 2 rings (SSSR count). The molecule has 1 saturated heterocycles. The smallest absolute Gasteiger partial charge is 0.326 e. The number of hydrogen-bond acceptors (Lipinski definition) is 5. The zero-order chi connectivity index (χ0) is 17.9. The summed E-state index contributed by atoms with van der Waals surface area (Å²) in [5.41, 5.74) is 0.00829. The van der Waals surface area contributed by atoms with E-state index in [9.17, 15) is 14.4 Å². The van der Waals surface area contributed by atoms with E-state index in [1.807, 2.05) is 6.92 Å². The Morgan fingerprint density at radius 2 is 2.04 bits per heavy atom. The largest absolute Gasteiger partial charge is 0.480 e. The van der Waals surface area contributed by atoms with Crippen molar-refractivity contribution < 1.29 is 24.3 Å². The van der Waals surface area contributed by atoms with Crippen molar-refractivity contribution in [3.8, 4) is 0 Å². The zero-order valence-corrected chi connectivity index (χ0v) is 13.6. The Morgan fingerprint density at radius 3 is 2.58 bits per heavy atom. The van der Waals surface area contributed by atoms with Crippen molar-refractivity contribution in [3.05, 3.63) is 35.4 Å². The summed E-state index contributed by atoms with van der Waals surface area (Å²) in [6, 6.07) is 4.86. The number of oxime groups is 1. The van der Waals surface area contributed by atoms with Gasteiger partial charge in [0.15, 0.2) is 0 Å². The Morgan fingerprint density at radius 1 is 1.42 bits per heavy atom. The van der Waals surface area contributed by atoms with Gasteiger partial charge in [-0.1, -0.05) is 29.4 Å². The molecule has 0 aliphatic carbocycles. The molecule has 2 N–H and O–H groups in total. The van der Waals surface area contributed by atoms with Crippen LogP contribution in [0.2, 0.25) is 0 Å². The molecule has 128 valence electrons. The molecule has 0 unspecified atom stereocenters. The van der Waals surface area contributed by atoms with Crippen LogP contribution < -0.4 is 5.32 Å². The average Bonchev–Trinajstić information content (AvgIpc) is 2.78. The summed E-state index contributed by atoms with van der Waals surface area (Å²) in [5, 5.41) is 15.4. The normalized spacial score (nSPS) is 21.9. The number of carbonyl (C=O) groups is 3. The lowest BCUT2D eigenvalue weighted by Crippen LogP contribution is -2.45. The first kappa shape index (κ1) is 17.5. The van der Waals surface area contributed by atoms with Crippen LogP contribution >= 0.6 is 0 Å². The third kappa shape index (κ3) is 3.08. The van der Waals surface area contributed by atoms with E-state index in [0.29, 0.717) is 12.2 Å². The lowest BCUT2D eigenvalue weighted by molar-refractivity contribution is -0.147. The molecule has 0 saturated carbocycles. The van der Waals surface area contributed by atoms with Gasteiger partial charge < -0.3 is 15.3 Å². The molecule has 3 amide bonds. The molecule has 1 aromatic rings. The third-order valence-electron chi connectivity index (χ3n) is 3.86. The molecule has 8 heteroatoms. The predicted molar refractivity (Wildman–Crippen MR) is 85.5 cm³/mol. The summed E-state index contributed by atoms with van der Waals surface area (Å²) in [5.74, 6) is -1.84. The molecule has 0 spiro atoms. The lowest BCUT2D eigenvalue weighted by atomic mass is 9.91. The quantitative estimate of drug-likeness (QED) is 0.463. The van der Waals surface area contributed by atoms with Crippen molar-refractivity contribution in [2.45, 2.75) is 32.4 Å². The highest BCUT2D eigenvalue weighted by molar-refractivity contribution is 6.09. The number of amides is 3. The van der Waals surface area contributed by atoms with Gasteiger partial charge in [-0.05, 0) is 31.9 Å². The molecule has 1 aliphatic rings. The van der Waals surface area contributed by atoms with Crippen LogP contribution in [-0.4, -0.2) is 46.8 Å². The second kappa shape index (κ2) is 6.69. The molecule has 24 heavy (non-hydrogen) atoms. The summed E-state index contributed by atoms with van der Waals surface area (Å²) in [4.78, 5) is 41.4. The highest BCUT2D eigenvalue weighted by atomic mass is 16.6. The molecular formula is C16H19N3O5. The van der Waals surface area contributed by atoms with Gasteiger partial charge in [0.1, 0.15) is 18.2 Å². The van der Waals surface area contributed by atoms with Gasteiger partial charge in [0.2, 0.25) is 0 Å². The number of rotatable bonds is 6. The Hall–Kier alpha value is -2.90. The zero-order valence-electron chi connectivity index (χ0n) is 13.6. The maximum atomic E-state index is 12.6. The molecule has 1 heterocycles. The fourth-order valence-electron chi connectivity index (χ4n) is 2.39. The summed E-state index contributed by atoms with van der Waals surface area (Å²) in [7, 11) is 0. The molecule has 0 radical (unpaired) electrons. The van der Waals surface area contributed by atoms with Crippen molar-refractivity contribution >= 4 is 24.1 Å². The van der Waals surface area contributed by atoms with Crippen molar-refractivity contribution in [2.75, 3.05) is 6.61 Å². The number of carboxylic acids is 1. The first-order valence-electron chi connectivity index (χ1n) is 7.45. The molecule has 1 aliphatic heterocycles. The summed E-state index contributed by atoms with van der Waals surface area (Å²) in [6.45, 7) is 5.12. The topological polar surface area (TPSA) is 108 Å². The summed E-state index contributed by atoms with van der Waals surface area (Å²) >= 11 is 0. The molecule has 2 atom stereocenters. The van der Waals surface area contributed by atoms with Crippen molar-refractivity contribution in [3.63, 3.8) is 0 Å². The third-order valence-corrected chi connectivity index (χ3v) is 3.86. The van der Waals surface area contributed by atoms with E-state index >= 15 is 0 Å². The van der Waals surface area contributed by atoms with Crippen LogP contribution in [0.1, 0.15) is 31.9 Å². The first-order chi connectivity index (χ1) is 11.3. The summed E-state index contributed by atoms with van der Waals surface area (Å²) < 4.78 is 0. The van der Waals surface area contributed by atoms with E-state index < -0.39 is 29.5 Å². The minimum atomic E-state index is -1.31. The number of nitrogens with zero attached hydrogens (tertiary/aromatic N) is 2. The first-order valence-corrected chi connectivity index (χ1v) is 7.45. The minimum absolute atomic E-state index is 0.463. The van der Waals surface area contributed by atoms with E-state index in [1.165, 1.54) is 13.1 Å². The van der Waals surface area contributed by atoms with Gasteiger partial charge in [-0.3, -0.25) is 4.79 Å². The van der Waals surface area contributed by atoms with Crippen LogP contribution in [-0.2, 0) is 20.0 Å². The van der Waals surface area contributed by atoms with Crippen LogP contribution in [0.5, 0.6) is 0 Å². The number of hydrogen-bond donors (Lipinski definition) is 2. The monoisotopic (exact) mass is 333 g/mol. The maximum absolute atomic E-state index is 12.6. The van der Waals surface area contributed by atoms with Crippen LogP contribution in [0.15, 0.2) is 29.4 Å². The molecule has 0 aromatic heterocycles. The van der Waals surface area contributed by atoms with Crippen molar-refractivity contribution in [2.24, 2.45) is 5.16 Å². The number of urea groups is 1. The standard InChI is InChI=1S/C16H19N3O5/c1-4-24-17-9-11-5-7-12(8-6-11)16(3)14(22)19(15(23)18-16)10(2)13(20)21/h5-10H,4H2,1-3H3,(H,18,23)(H,20,21)/t10-,16+/m0/s1. The maximum Gasteiger partial charge on any atom is 0.326 e. The lowest BCUT2D eigenvalue weighted by Gasteiger charge is -2.23. The molecule has 1 fully saturated rings. The van der Waals surface area contributed by atoms with E-state index in [-0.39, 0.29) is 0 Å². The Labute approximate surface area is 139 Å². The average molecular weight is 333 g/mol. The second-order valence-corrected chi connectivity index (χ2v) is 5.52. The van der Waals surface area contributed by atoms with Gasteiger partial charge >= 0.3 is 12.0 Å². The van der Waals surface area contributed by atoms with Gasteiger partial charge in [0.25, 0.3) is 5.91 Å². The van der Waals surface area contributed by atoms with Crippen LogP contribution in [0.3, 0.4) is 0 Å². The van der Waals surface area contributed by atoms with Crippen LogP contribution in [0.25, 0.3) is 0 Å². The van der Waals surface area contributed by atoms with E-state index in [2.05, 4.69) is 10.5 Å². The van der Waals surface area contributed by atoms with Crippen LogP contribution in [0, 0.1) is 0 Å². The fraction of sp³-hybridized carbons (Fsp3) is 0.375. The second-order valence-electron chi connectivity index (χ2n) is 5.52. The van der Waals surface area contributed by atoms with E-state index in [1.54, 1.807) is 31.2 Å². The summed E-state index contributed by atoms with van der Waals surface area (Å²) in [6.07, 6.45) is 1.53. The highest BCUT2D eigenvalue weighted by Gasteiger charge is 2.51. The Bertz CT molecular complexity index is 685. The molecular weight excluding hydrogens is 314 g/mol. The molecule has 8 nitrogen and oxygen atoms in total. The molecule has 1 aromatic carbocycles. The number of imide groups is 1. The van der Waals surface area contributed by atoms with Gasteiger partial charge in [-0.2, -0.15) is 0 Å². The van der Waals surface area contributed by atoms with Gasteiger partial charge in [-0.15, -0.1) is 0 Å². The van der Waals surface area contributed by atoms with Crippen molar-refractivity contribution in [1.82, 2.24) is 10.2 Å². The van der Waals surface area contributed by atoms with Gasteiger partial charge in [0, 0.05) is 0 Å². The van der Waals surface area contributed by atoms with Gasteiger partial charge in [-0.25, -0.2) is 14.5 Å². The highest BCUT2D eigenvalue weighted by Crippen LogP contribution is 2.30.